The maximum Gasteiger partial charge on any atom is 0.307 e. The van der Waals surface area contributed by atoms with Crippen LogP contribution in [0.1, 0.15) is 12.2 Å². The molecule has 0 saturated carbocycles. The number of nitrogens with zero attached hydrogens (tertiary/aromatic N) is 2. The summed E-state index contributed by atoms with van der Waals surface area (Å²) in [6, 6.07) is 2.97. The average molecular weight is 350 g/mol. The van der Waals surface area contributed by atoms with Crippen LogP contribution in [0.25, 0.3) is 11.0 Å². The smallest absolute Gasteiger partial charge is 0.307 e. The van der Waals surface area contributed by atoms with E-state index in [2.05, 4.69) is 25.7 Å². The molecule has 0 radical (unpaired) electrons. The Balaban J connectivity index is 2.44. The van der Waals surface area contributed by atoms with Crippen molar-refractivity contribution in [3.05, 3.63) is 28.2 Å². The second kappa shape index (κ2) is 5.88. The van der Waals surface area contributed by atoms with Crippen LogP contribution in [0.5, 0.6) is 0 Å². The monoisotopic (exact) mass is 348 g/mol. The van der Waals surface area contributed by atoms with Crippen LogP contribution in [-0.4, -0.2) is 22.6 Å². The molecule has 4 nitrogen and oxygen atoms in total. The van der Waals surface area contributed by atoms with Crippen LogP contribution in [0, 0.1) is 5.82 Å². The third kappa shape index (κ3) is 2.90. The van der Waals surface area contributed by atoms with Gasteiger partial charge in [0.1, 0.15) is 11.6 Å². The number of carbonyl (C=O) groups is 1. The zero-order chi connectivity index (χ0) is 14.0. The van der Waals surface area contributed by atoms with Crippen molar-refractivity contribution in [1.29, 1.82) is 0 Å². The molecule has 7 heteroatoms. The highest BCUT2D eigenvalue weighted by Gasteiger charge is 2.14. The Morgan fingerprint density at radius 2 is 2.32 bits per heavy atom. The van der Waals surface area contributed by atoms with Gasteiger partial charge in [-0.15, -0.1) is 11.6 Å². The molecule has 0 aliphatic rings. The fourth-order valence-corrected chi connectivity index (χ4v) is 2.36. The van der Waals surface area contributed by atoms with Gasteiger partial charge in [0.2, 0.25) is 0 Å². The number of methoxy groups -OCH3 is 1. The van der Waals surface area contributed by atoms with Gasteiger partial charge in [0.25, 0.3) is 0 Å². The highest BCUT2D eigenvalue weighted by molar-refractivity contribution is 9.10. The van der Waals surface area contributed by atoms with Gasteiger partial charge >= 0.3 is 5.97 Å². The van der Waals surface area contributed by atoms with Gasteiger partial charge in [0.15, 0.2) is 0 Å². The number of hydrogen-bond donors (Lipinski definition) is 0. The Hall–Kier alpha value is -1.14. The molecule has 1 aromatic carbocycles. The summed E-state index contributed by atoms with van der Waals surface area (Å²) in [4.78, 5) is 15.5. The van der Waals surface area contributed by atoms with Crippen molar-refractivity contribution in [3.63, 3.8) is 0 Å². The lowest BCUT2D eigenvalue weighted by molar-refractivity contribution is -0.140. The summed E-state index contributed by atoms with van der Waals surface area (Å²) in [6.07, 6.45) is 0.209. The molecule has 0 saturated heterocycles. The van der Waals surface area contributed by atoms with Crippen LogP contribution in [0.2, 0.25) is 0 Å². The molecule has 1 aromatic heterocycles. The number of rotatable bonds is 4. The minimum Gasteiger partial charge on any atom is -0.469 e. The van der Waals surface area contributed by atoms with Gasteiger partial charge < -0.3 is 9.30 Å². The molecule has 0 spiro atoms. The Kier molecular flexibility index (Phi) is 4.42. The molecule has 2 rings (SSSR count). The predicted molar refractivity (Wildman–Crippen MR) is 73.6 cm³/mol. The maximum absolute atomic E-state index is 13.5. The molecular weight excluding hydrogens is 338 g/mol. The molecule has 102 valence electrons. The van der Waals surface area contributed by atoms with Crippen molar-refractivity contribution >= 4 is 44.5 Å². The average Bonchev–Trinajstić information content (AvgIpc) is 2.73. The molecule has 0 fully saturated rings. The highest BCUT2D eigenvalue weighted by Crippen LogP contribution is 2.25. The summed E-state index contributed by atoms with van der Waals surface area (Å²) < 4.78 is 20.2. The van der Waals surface area contributed by atoms with E-state index in [-0.39, 0.29) is 24.1 Å². The van der Waals surface area contributed by atoms with Crippen LogP contribution in [0.3, 0.4) is 0 Å². The third-order valence-electron chi connectivity index (χ3n) is 2.76. The molecule has 0 aliphatic heterocycles. The molecule has 0 atom stereocenters. The lowest BCUT2D eigenvalue weighted by atomic mass is 10.3. The number of imidazole rings is 1. The molecule has 0 N–H and O–H groups in total. The van der Waals surface area contributed by atoms with Gasteiger partial charge in [-0.05, 0) is 22.0 Å². The number of aromatic nitrogens is 2. The van der Waals surface area contributed by atoms with Crippen molar-refractivity contribution < 1.29 is 13.9 Å². The Morgan fingerprint density at radius 3 is 2.95 bits per heavy atom. The molecule has 0 amide bonds. The topological polar surface area (TPSA) is 44.1 Å². The first-order valence-corrected chi connectivity index (χ1v) is 6.86. The van der Waals surface area contributed by atoms with Gasteiger partial charge in [-0.25, -0.2) is 9.37 Å². The van der Waals surface area contributed by atoms with E-state index in [0.717, 1.165) is 5.52 Å². The minimum absolute atomic E-state index is 0.190. The molecule has 0 aliphatic carbocycles. The number of esters is 1. The standard InChI is InChI=1S/C12H11BrClFN2O2/c1-19-12(18)2-3-17-10-4-7(13)8(15)5-9(10)16-11(17)6-14/h4-5H,2-3,6H2,1H3. The largest absolute Gasteiger partial charge is 0.469 e. The van der Waals surface area contributed by atoms with Gasteiger partial charge in [0.05, 0.1) is 34.9 Å². The van der Waals surface area contributed by atoms with E-state index in [9.17, 15) is 9.18 Å². The first-order chi connectivity index (χ1) is 9.06. The predicted octanol–water partition coefficient (Wildman–Crippen LogP) is 3.24. The van der Waals surface area contributed by atoms with E-state index in [4.69, 9.17) is 11.6 Å². The minimum atomic E-state index is -0.383. The summed E-state index contributed by atoms with van der Waals surface area (Å²) in [5.41, 5.74) is 1.24. The van der Waals surface area contributed by atoms with E-state index in [1.807, 2.05) is 0 Å². The number of benzene rings is 1. The number of aryl methyl sites for hydroxylation is 1. The summed E-state index contributed by atoms with van der Waals surface area (Å²) >= 11 is 8.96. The summed E-state index contributed by atoms with van der Waals surface area (Å²) in [5.74, 6) is 0.0857. The van der Waals surface area contributed by atoms with E-state index < -0.39 is 0 Å². The lowest BCUT2D eigenvalue weighted by Crippen LogP contribution is -2.09. The van der Waals surface area contributed by atoms with Gasteiger partial charge in [-0.1, -0.05) is 0 Å². The SMILES string of the molecule is COC(=O)CCn1c(CCl)nc2cc(F)c(Br)cc21. The van der Waals surface area contributed by atoms with E-state index in [1.54, 1.807) is 10.6 Å². The second-order valence-corrected chi connectivity index (χ2v) is 5.02. The quantitative estimate of drug-likeness (QED) is 0.629. The number of hydrogen-bond acceptors (Lipinski definition) is 3. The van der Waals surface area contributed by atoms with Gasteiger partial charge in [-0.3, -0.25) is 4.79 Å². The lowest BCUT2D eigenvalue weighted by Gasteiger charge is -2.07. The van der Waals surface area contributed by atoms with Crippen molar-refractivity contribution in [2.45, 2.75) is 18.8 Å². The van der Waals surface area contributed by atoms with Gasteiger partial charge in [0, 0.05) is 12.6 Å². The van der Waals surface area contributed by atoms with Crippen LogP contribution >= 0.6 is 27.5 Å². The van der Waals surface area contributed by atoms with Crippen molar-refractivity contribution in [3.8, 4) is 0 Å². The van der Waals surface area contributed by atoms with Gasteiger partial charge in [-0.2, -0.15) is 0 Å². The summed E-state index contributed by atoms with van der Waals surface area (Å²) in [6.45, 7) is 0.392. The van der Waals surface area contributed by atoms with E-state index >= 15 is 0 Å². The molecule has 0 unspecified atom stereocenters. The van der Waals surface area contributed by atoms with E-state index in [0.29, 0.717) is 22.4 Å². The number of fused-ring (bicyclic) bond motifs is 1. The van der Waals surface area contributed by atoms with Crippen molar-refractivity contribution in [1.82, 2.24) is 9.55 Å². The fraction of sp³-hybridized carbons (Fsp3) is 0.333. The Labute approximate surface area is 122 Å². The molecule has 2 aromatic rings. The molecular formula is C12H11BrClFN2O2. The first kappa shape index (κ1) is 14.3. The summed E-state index contributed by atoms with van der Waals surface area (Å²) in [5, 5.41) is 0. The Bertz CT molecular complexity index is 630. The van der Waals surface area contributed by atoms with Crippen LogP contribution in [0.4, 0.5) is 4.39 Å². The van der Waals surface area contributed by atoms with Crippen molar-refractivity contribution in [2.24, 2.45) is 0 Å². The fourth-order valence-electron chi connectivity index (χ4n) is 1.83. The second-order valence-electron chi connectivity index (χ2n) is 3.89. The molecule has 1 heterocycles. The van der Waals surface area contributed by atoms with E-state index in [1.165, 1.54) is 13.2 Å². The summed E-state index contributed by atoms with van der Waals surface area (Å²) in [7, 11) is 1.34. The number of carbonyl (C=O) groups excluding carboxylic acids is 1. The zero-order valence-electron chi connectivity index (χ0n) is 10.1. The molecule has 0 bridgehead atoms. The van der Waals surface area contributed by atoms with Crippen LogP contribution in [-0.2, 0) is 22.0 Å². The first-order valence-electron chi connectivity index (χ1n) is 5.53. The Morgan fingerprint density at radius 1 is 1.58 bits per heavy atom. The van der Waals surface area contributed by atoms with Crippen LogP contribution in [0.15, 0.2) is 16.6 Å². The third-order valence-corrected chi connectivity index (χ3v) is 3.60. The molecule has 19 heavy (non-hydrogen) atoms. The van der Waals surface area contributed by atoms with Crippen LogP contribution < -0.4 is 0 Å². The highest BCUT2D eigenvalue weighted by atomic mass is 79.9. The number of ether oxygens (including phenoxy) is 1. The zero-order valence-corrected chi connectivity index (χ0v) is 12.5. The number of halogens is 3. The normalized spacial score (nSPS) is 10.9. The van der Waals surface area contributed by atoms with Crippen molar-refractivity contribution in [2.75, 3.05) is 7.11 Å². The number of alkyl halides is 1. The maximum atomic E-state index is 13.5.